The highest BCUT2D eigenvalue weighted by molar-refractivity contribution is 6.09. The van der Waals surface area contributed by atoms with E-state index in [1.807, 2.05) is 0 Å². The monoisotopic (exact) mass is 278 g/mol. The van der Waals surface area contributed by atoms with Crippen molar-refractivity contribution in [1.29, 1.82) is 0 Å². The van der Waals surface area contributed by atoms with Crippen molar-refractivity contribution in [1.82, 2.24) is 0 Å². The van der Waals surface area contributed by atoms with Gasteiger partial charge in [-0.15, -0.1) is 0 Å². The Labute approximate surface area is 107 Å². The predicted molar refractivity (Wildman–Crippen MR) is 59.2 cm³/mol. The van der Waals surface area contributed by atoms with E-state index in [4.69, 9.17) is 20.4 Å². The molecule has 0 amide bonds. The quantitative estimate of drug-likeness (QED) is 0.413. The summed E-state index contributed by atoms with van der Waals surface area (Å²) in [5.74, 6) is -5.97. The summed E-state index contributed by atoms with van der Waals surface area (Å²) in [6.45, 7) is 3.20. The zero-order valence-electron chi connectivity index (χ0n) is 10.2. The topological polar surface area (TPSA) is 158 Å². The van der Waals surface area contributed by atoms with Crippen molar-refractivity contribution >= 4 is 23.9 Å². The molecule has 9 heteroatoms. The third-order valence-corrected chi connectivity index (χ3v) is 1.40. The number of carboxylic acid groups (broad SMARTS) is 2. The van der Waals surface area contributed by atoms with Gasteiger partial charge in [-0.05, 0) is 0 Å². The Morgan fingerprint density at radius 1 is 0.895 bits per heavy atom. The summed E-state index contributed by atoms with van der Waals surface area (Å²) in [6.07, 6.45) is 0.444. The molecular formula is C10H14O9. The van der Waals surface area contributed by atoms with E-state index in [0.29, 0.717) is 0 Å². The van der Waals surface area contributed by atoms with Crippen molar-refractivity contribution in [2.24, 2.45) is 0 Å². The minimum atomic E-state index is -1.21. The van der Waals surface area contributed by atoms with Gasteiger partial charge in [-0.25, -0.2) is 9.59 Å². The van der Waals surface area contributed by atoms with E-state index >= 15 is 0 Å². The lowest BCUT2D eigenvalue weighted by Gasteiger charge is -1.82. The summed E-state index contributed by atoms with van der Waals surface area (Å²) < 4.78 is 3.73. The van der Waals surface area contributed by atoms with Crippen molar-refractivity contribution in [3.63, 3.8) is 0 Å². The van der Waals surface area contributed by atoms with Gasteiger partial charge in [0.1, 0.15) is 0 Å². The fourth-order valence-electron chi connectivity index (χ4n) is 0.374. The highest BCUT2D eigenvalue weighted by Gasteiger charge is 2.32. The first-order valence-corrected chi connectivity index (χ1v) is 4.99. The molecule has 0 aromatic carbocycles. The zero-order valence-corrected chi connectivity index (χ0v) is 10.2. The van der Waals surface area contributed by atoms with Crippen LogP contribution < -0.4 is 0 Å². The Morgan fingerprint density at radius 3 is 1.16 bits per heavy atom. The second kappa shape index (κ2) is 9.45. The van der Waals surface area contributed by atoms with Gasteiger partial charge < -0.3 is 25.2 Å². The lowest BCUT2D eigenvalue weighted by atomic mass is 10.4. The number of carbonyl (C=O) groups is 4. The first-order chi connectivity index (χ1) is 8.67. The van der Waals surface area contributed by atoms with Crippen molar-refractivity contribution < 1.29 is 44.3 Å². The van der Waals surface area contributed by atoms with Crippen molar-refractivity contribution in [3.05, 3.63) is 11.5 Å². The maximum atomic E-state index is 10.1. The third kappa shape index (κ3) is 9.15. The van der Waals surface area contributed by atoms with Gasteiger partial charge in [0.15, 0.2) is 0 Å². The fraction of sp³-hybridized carbons (Fsp3) is 0.400. The molecule has 0 spiro atoms. The van der Waals surface area contributed by atoms with Crippen molar-refractivity contribution in [2.45, 2.75) is 26.7 Å². The Morgan fingerprint density at radius 2 is 1.11 bits per heavy atom. The van der Waals surface area contributed by atoms with Crippen LogP contribution in [-0.2, 0) is 23.9 Å². The van der Waals surface area contributed by atoms with Crippen LogP contribution in [0.25, 0.3) is 0 Å². The maximum absolute atomic E-state index is 10.1. The van der Waals surface area contributed by atoms with Gasteiger partial charge in [-0.3, -0.25) is 9.59 Å². The van der Waals surface area contributed by atoms with Crippen LogP contribution in [0.5, 0.6) is 0 Å². The molecule has 108 valence electrons. The number of ether oxygens (including phenoxy) is 1. The van der Waals surface area contributed by atoms with Gasteiger partial charge in [0.05, 0.1) is 0 Å². The first kappa shape index (κ1) is 18.8. The summed E-state index contributed by atoms with van der Waals surface area (Å²) in [4.78, 5) is 38.9. The Bertz CT molecular complexity index is 358. The highest BCUT2D eigenvalue weighted by atomic mass is 16.6. The molecule has 0 radical (unpaired) electrons. The summed E-state index contributed by atoms with van der Waals surface area (Å²) in [5, 5.41) is 32.2. The summed E-state index contributed by atoms with van der Waals surface area (Å²) in [5.41, 5.74) is 0. The van der Waals surface area contributed by atoms with E-state index in [2.05, 4.69) is 4.74 Å². The number of aliphatic hydroxyl groups is 2. The standard InChI is InChI=1S/C4H2O5.2C3H6O2/c5-1-2(6)4(8)9-3(1)7;2*1-2-3(4)5/h5-6H;2*2H2,1H3,(H,4,5). The maximum Gasteiger partial charge on any atom is 0.385 e. The van der Waals surface area contributed by atoms with E-state index in [-0.39, 0.29) is 12.8 Å². The molecule has 1 heterocycles. The molecule has 0 aromatic heterocycles. The van der Waals surface area contributed by atoms with E-state index in [1.165, 1.54) is 0 Å². The Kier molecular flexibility index (Phi) is 9.34. The highest BCUT2D eigenvalue weighted by Crippen LogP contribution is 2.10. The number of rotatable bonds is 2. The minimum absolute atomic E-state index is 0.222. The van der Waals surface area contributed by atoms with Crippen LogP contribution in [0.2, 0.25) is 0 Å². The first-order valence-electron chi connectivity index (χ1n) is 4.99. The molecule has 1 aliphatic heterocycles. The van der Waals surface area contributed by atoms with E-state index < -0.39 is 35.4 Å². The van der Waals surface area contributed by atoms with Crippen molar-refractivity contribution in [3.8, 4) is 0 Å². The van der Waals surface area contributed by atoms with Gasteiger partial charge >= 0.3 is 23.9 Å². The summed E-state index contributed by atoms with van der Waals surface area (Å²) in [6, 6.07) is 0. The lowest BCUT2D eigenvalue weighted by Crippen LogP contribution is -2.01. The molecule has 0 aromatic rings. The SMILES string of the molecule is CCC(=O)O.CCC(=O)O.O=C1OC(=O)C(O)=C1O. The molecule has 0 aliphatic carbocycles. The molecule has 0 fully saturated rings. The van der Waals surface area contributed by atoms with E-state index in [0.717, 1.165) is 0 Å². The number of carboxylic acids is 2. The minimum Gasteiger partial charge on any atom is -0.499 e. The molecule has 1 rings (SSSR count). The van der Waals surface area contributed by atoms with Crippen LogP contribution in [-0.4, -0.2) is 44.3 Å². The molecule has 0 atom stereocenters. The second-order valence-corrected chi connectivity index (χ2v) is 2.87. The molecule has 0 saturated carbocycles. The van der Waals surface area contributed by atoms with Crippen LogP contribution in [0, 0.1) is 0 Å². The third-order valence-electron chi connectivity index (χ3n) is 1.40. The fourth-order valence-corrected chi connectivity index (χ4v) is 0.374. The number of cyclic esters (lactones) is 2. The Balaban J connectivity index is 0. The number of aliphatic carboxylic acids is 2. The van der Waals surface area contributed by atoms with Crippen LogP contribution in [0.3, 0.4) is 0 Å². The molecule has 4 N–H and O–H groups in total. The number of hydrogen-bond acceptors (Lipinski definition) is 7. The normalized spacial score (nSPS) is 12.7. The van der Waals surface area contributed by atoms with Crippen molar-refractivity contribution in [2.75, 3.05) is 0 Å². The zero-order chi connectivity index (χ0) is 15.6. The molecular weight excluding hydrogens is 264 g/mol. The molecule has 19 heavy (non-hydrogen) atoms. The average Bonchev–Trinajstić information content (AvgIpc) is 2.57. The van der Waals surface area contributed by atoms with Crippen LogP contribution in [0.1, 0.15) is 26.7 Å². The number of esters is 2. The summed E-state index contributed by atoms with van der Waals surface area (Å²) in [7, 11) is 0. The molecule has 0 saturated heterocycles. The Hall–Kier alpha value is -2.58. The number of carbonyl (C=O) groups excluding carboxylic acids is 2. The largest absolute Gasteiger partial charge is 0.499 e. The van der Waals surface area contributed by atoms with E-state index in [9.17, 15) is 19.2 Å². The van der Waals surface area contributed by atoms with Crippen LogP contribution >= 0.6 is 0 Å². The van der Waals surface area contributed by atoms with Gasteiger partial charge in [-0.1, -0.05) is 13.8 Å². The molecule has 1 aliphatic rings. The lowest BCUT2D eigenvalue weighted by molar-refractivity contribution is -0.153. The molecule has 9 nitrogen and oxygen atoms in total. The number of aliphatic hydroxyl groups excluding tert-OH is 2. The van der Waals surface area contributed by atoms with Crippen LogP contribution in [0.15, 0.2) is 11.5 Å². The molecule has 0 unspecified atom stereocenters. The van der Waals surface area contributed by atoms with E-state index in [1.54, 1.807) is 13.8 Å². The second-order valence-electron chi connectivity index (χ2n) is 2.87. The van der Waals surface area contributed by atoms with Gasteiger partial charge in [0.2, 0.25) is 0 Å². The average molecular weight is 278 g/mol. The summed E-state index contributed by atoms with van der Waals surface area (Å²) >= 11 is 0. The smallest absolute Gasteiger partial charge is 0.385 e. The van der Waals surface area contributed by atoms with Crippen LogP contribution in [0.4, 0.5) is 0 Å². The molecule has 0 bridgehead atoms. The predicted octanol–water partition coefficient (Wildman–Crippen LogP) is 0.359. The van der Waals surface area contributed by atoms with Gasteiger partial charge in [0, 0.05) is 12.8 Å². The van der Waals surface area contributed by atoms with Gasteiger partial charge in [0.25, 0.3) is 11.5 Å². The number of hydrogen-bond donors (Lipinski definition) is 4. The van der Waals surface area contributed by atoms with Gasteiger partial charge in [-0.2, -0.15) is 0 Å².